The van der Waals surface area contributed by atoms with Gasteiger partial charge >= 0.3 is 0 Å². The Bertz CT molecular complexity index is 909. The molecule has 1 saturated carbocycles. The summed E-state index contributed by atoms with van der Waals surface area (Å²) in [6.45, 7) is 0. The number of nitrogens with two attached hydrogens (primary N) is 1. The molecule has 3 aromatic carbocycles. The minimum atomic E-state index is -0.0872. The van der Waals surface area contributed by atoms with Gasteiger partial charge < -0.3 is 11.1 Å². The second-order valence-corrected chi connectivity index (χ2v) is 6.94. The summed E-state index contributed by atoms with van der Waals surface area (Å²) >= 11 is 0. The standard InChI is InChI=1S/C23H22N2O.ClH/c24-22-15-21(22)18-9-11-20(12-10-18)25-23(26)19-8-4-7-17(14-19)13-16-5-2-1-3-6-16;/h1-12,14,21-22H,13,15,24H2,(H,25,26);1H/t21-,22+;/m0./s1. The third-order valence-electron chi connectivity index (χ3n) is 4.88. The Morgan fingerprint density at radius 2 is 1.59 bits per heavy atom. The van der Waals surface area contributed by atoms with E-state index >= 15 is 0 Å². The van der Waals surface area contributed by atoms with E-state index in [-0.39, 0.29) is 18.3 Å². The Morgan fingerprint density at radius 1 is 0.926 bits per heavy atom. The maximum absolute atomic E-state index is 12.6. The number of benzene rings is 3. The van der Waals surface area contributed by atoms with Gasteiger partial charge in [-0.05, 0) is 53.8 Å². The Kier molecular flexibility index (Phi) is 5.94. The number of nitrogens with one attached hydrogen (secondary N) is 1. The smallest absolute Gasteiger partial charge is 0.255 e. The van der Waals surface area contributed by atoms with Crippen LogP contribution in [0.3, 0.4) is 0 Å². The molecule has 1 aliphatic carbocycles. The topological polar surface area (TPSA) is 55.1 Å². The molecule has 1 fully saturated rings. The third-order valence-corrected chi connectivity index (χ3v) is 4.88. The van der Waals surface area contributed by atoms with E-state index in [0.717, 1.165) is 24.1 Å². The van der Waals surface area contributed by atoms with E-state index in [1.807, 2.05) is 48.5 Å². The molecule has 0 heterocycles. The van der Waals surface area contributed by atoms with Crippen LogP contribution in [0.1, 0.15) is 39.4 Å². The highest BCUT2D eigenvalue weighted by Gasteiger charge is 2.34. The molecule has 0 unspecified atom stereocenters. The van der Waals surface area contributed by atoms with Gasteiger partial charge in [-0.15, -0.1) is 12.4 Å². The first-order valence-corrected chi connectivity index (χ1v) is 8.99. The van der Waals surface area contributed by atoms with Crippen molar-refractivity contribution >= 4 is 24.0 Å². The van der Waals surface area contributed by atoms with Crippen LogP contribution in [0.25, 0.3) is 0 Å². The monoisotopic (exact) mass is 378 g/mol. The van der Waals surface area contributed by atoms with Crippen LogP contribution < -0.4 is 11.1 Å². The molecular formula is C23H23ClN2O. The maximum Gasteiger partial charge on any atom is 0.255 e. The first kappa shape index (κ1) is 19.2. The van der Waals surface area contributed by atoms with Crippen LogP contribution in [0.5, 0.6) is 0 Å². The highest BCUT2D eigenvalue weighted by molar-refractivity contribution is 6.04. The second kappa shape index (κ2) is 8.38. The third kappa shape index (κ3) is 4.76. The Hall–Kier alpha value is -2.62. The van der Waals surface area contributed by atoms with Crippen molar-refractivity contribution in [3.63, 3.8) is 0 Å². The van der Waals surface area contributed by atoms with Gasteiger partial charge in [-0.3, -0.25) is 4.79 Å². The average molecular weight is 379 g/mol. The molecule has 0 bridgehead atoms. The van der Waals surface area contributed by atoms with E-state index in [1.165, 1.54) is 11.1 Å². The Morgan fingerprint density at radius 3 is 2.26 bits per heavy atom. The summed E-state index contributed by atoms with van der Waals surface area (Å²) in [6, 6.07) is 26.4. The van der Waals surface area contributed by atoms with Crippen molar-refractivity contribution in [2.45, 2.75) is 24.8 Å². The van der Waals surface area contributed by atoms with Gasteiger partial charge in [0.05, 0.1) is 0 Å². The lowest BCUT2D eigenvalue weighted by atomic mass is 10.0. The van der Waals surface area contributed by atoms with Crippen LogP contribution in [0, 0.1) is 0 Å². The molecule has 0 saturated heterocycles. The number of carbonyl (C=O) groups excluding carboxylic acids is 1. The molecule has 2 atom stereocenters. The molecule has 3 nitrogen and oxygen atoms in total. The van der Waals surface area contributed by atoms with E-state index < -0.39 is 0 Å². The number of rotatable bonds is 5. The number of amides is 1. The number of carbonyl (C=O) groups is 1. The van der Waals surface area contributed by atoms with Crippen LogP contribution >= 0.6 is 12.4 Å². The molecule has 1 aliphatic rings. The van der Waals surface area contributed by atoms with E-state index in [2.05, 4.69) is 35.6 Å². The van der Waals surface area contributed by atoms with Crippen LogP contribution in [0.4, 0.5) is 5.69 Å². The van der Waals surface area contributed by atoms with Crippen LogP contribution in [0.2, 0.25) is 0 Å². The molecule has 0 aromatic heterocycles. The van der Waals surface area contributed by atoms with Crippen LogP contribution in [-0.4, -0.2) is 11.9 Å². The number of hydrogen-bond acceptors (Lipinski definition) is 2. The minimum absolute atomic E-state index is 0. The first-order chi connectivity index (χ1) is 12.7. The highest BCUT2D eigenvalue weighted by atomic mass is 35.5. The van der Waals surface area contributed by atoms with Gasteiger partial charge in [-0.25, -0.2) is 0 Å². The second-order valence-electron chi connectivity index (χ2n) is 6.94. The first-order valence-electron chi connectivity index (χ1n) is 8.99. The fourth-order valence-electron chi connectivity index (χ4n) is 3.27. The van der Waals surface area contributed by atoms with Crippen molar-refractivity contribution in [1.82, 2.24) is 0 Å². The van der Waals surface area contributed by atoms with Crippen molar-refractivity contribution in [1.29, 1.82) is 0 Å². The van der Waals surface area contributed by atoms with Crippen molar-refractivity contribution in [3.05, 3.63) is 101 Å². The predicted octanol–water partition coefficient (Wildman–Crippen LogP) is 4.77. The molecule has 138 valence electrons. The lowest BCUT2D eigenvalue weighted by molar-refractivity contribution is 0.102. The lowest BCUT2D eigenvalue weighted by Crippen LogP contribution is -2.12. The summed E-state index contributed by atoms with van der Waals surface area (Å²) in [5.74, 6) is 0.394. The predicted molar refractivity (Wildman–Crippen MR) is 113 cm³/mol. The molecule has 4 rings (SSSR count). The number of halogens is 1. The van der Waals surface area contributed by atoms with Gasteiger partial charge in [0.2, 0.25) is 0 Å². The Labute approximate surface area is 166 Å². The molecular weight excluding hydrogens is 356 g/mol. The summed E-state index contributed by atoms with van der Waals surface area (Å²) < 4.78 is 0. The molecule has 0 aliphatic heterocycles. The summed E-state index contributed by atoms with van der Waals surface area (Å²) in [6.07, 6.45) is 1.87. The van der Waals surface area contributed by atoms with Gasteiger partial charge in [0.1, 0.15) is 0 Å². The fourth-order valence-corrected chi connectivity index (χ4v) is 3.27. The molecule has 0 spiro atoms. The fraction of sp³-hybridized carbons (Fsp3) is 0.174. The normalized spacial score (nSPS) is 17.7. The van der Waals surface area contributed by atoms with Gasteiger partial charge in [0, 0.05) is 23.2 Å². The molecule has 1 amide bonds. The van der Waals surface area contributed by atoms with E-state index in [1.54, 1.807) is 0 Å². The van der Waals surface area contributed by atoms with E-state index in [4.69, 9.17) is 5.73 Å². The SMILES string of the molecule is Cl.N[C@@H]1C[C@H]1c1ccc(NC(=O)c2cccc(Cc3ccccc3)c2)cc1. The van der Waals surface area contributed by atoms with Crippen molar-refractivity contribution in [2.75, 3.05) is 5.32 Å². The molecule has 0 radical (unpaired) electrons. The highest BCUT2D eigenvalue weighted by Crippen LogP contribution is 2.39. The summed E-state index contributed by atoms with van der Waals surface area (Å²) in [4.78, 5) is 12.6. The van der Waals surface area contributed by atoms with Crippen molar-refractivity contribution in [3.8, 4) is 0 Å². The Balaban J connectivity index is 0.00000210. The van der Waals surface area contributed by atoms with Crippen molar-refractivity contribution < 1.29 is 4.79 Å². The summed E-state index contributed by atoms with van der Waals surface area (Å²) in [5.41, 5.74) is 11.0. The van der Waals surface area contributed by atoms with E-state index in [9.17, 15) is 4.79 Å². The molecule has 3 N–H and O–H groups in total. The zero-order chi connectivity index (χ0) is 17.9. The van der Waals surface area contributed by atoms with Crippen LogP contribution in [-0.2, 0) is 6.42 Å². The van der Waals surface area contributed by atoms with Gasteiger partial charge in [-0.2, -0.15) is 0 Å². The summed E-state index contributed by atoms with van der Waals surface area (Å²) in [7, 11) is 0. The molecule has 3 aromatic rings. The maximum atomic E-state index is 12.6. The number of anilines is 1. The largest absolute Gasteiger partial charge is 0.327 e. The molecule has 4 heteroatoms. The quantitative estimate of drug-likeness (QED) is 0.672. The lowest BCUT2D eigenvalue weighted by Gasteiger charge is -2.08. The van der Waals surface area contributed by atoms with E-state index in [0.29, 0.717) is 17.5 Å². The van der Waals surface area contributed by atoms with Gasteiger partial charge in [0.15, 0.2) is 0 Å². The number of hydrogen-bond donors (Lipinski definition) is 2. The minimum Gasteiger partial charge on any atom is -0.327 e. The zero-order valence-electron chi connectivity index (χ0n) is 15.0. The van der Waals surface area contributed by atoms with Gasteiger partial charge in [-0.1, -0.05) is 54.6 Å². The van der Waals surface area contributed by atoms with Crippen molar-refractivity contribution in [2.24, 2.45) is 5.73 Å². The molecule has 27 heavy (non-hydrogen) atoms. The average Bonchev–Trinajstić information content (AvgIpc) is 3.40. The zero-order valence-corrected chi connectivity index (χ0v) is 15.8. The summed E-state index contributed by atoms with van der Waals surface area (Å²) in [5, 5.41) is 2.98. The van der Waals surface area contributed by atoms with Crippen LogP contribution in [0.15, 0.2) is 78.9 Å². The van der Waals surface area contributed by atoms with Gasteiger partial charge in [0.25, 0.3) is 5.91 Å².